The fourth-order valence-corrected chi connectivity index (χ4v) is 3.15. The first-order valence-electron chi connectivity index (χ1n) is 10.4. The van der Waals surface area contributed by atoms with Crippen LogP contribution in [-0.2, 0) is 20.9 Å². The summed E-state index contributed by atoms with van der Waals surface area (Å²) in [5.41, 5.74) is 7.09. The summed E-state index contributed by atoms with van der Waals surface area (Å²) < 4.78 is 5.32. The van der Waals surface area contributed by atoms with E-state index in [0.29, 0.717) is 18.7 Å². The van der Waals surface area contributed by atoms with Gasteiger partial charge in [0.05, 0.1) is 19.8 Å². The molecule has 2 amide bonds. The highest BCUT2D eigenvalue weighted by Gasteiger charge is 2.24. The van der Waals surface area contributed by atoms with Crippen LogP contribution >= 0.6 is 12.4 Å². The van der Waals surface area contributed by atoms with Crippen LogP contribution in [0.15, 0.2) is 24.3 Å². The Morgan fingerprint density at radius 2 is 1.84 bits per heavy atom. The van der Waals surface area contributed by atoms with Gasteiger partial charge in [-0.25, -0.2) is 0 Å². The number of nitrogen functional groups attached to an aromatic ring is 1. The van der Waals surface area contributed by atoms with E-state index in [-0.39, 0.29) is 42.5 Å². The standard InChI is InChI=1S/C21H34N6O3.ClH/c1-15(2)19(21(29)25-7-8-27-9-11-30-12-10-27)26-18(28)14-24-13-16-3-5-17(6-4-16)20(22)23;/h3-6,15,19,24H,7-14H2,1-2H3,(H3,22,23)(H,25,29)(H,26,28);1H. The maximum absolute atomic E-state index is 12.5. The van der Waals surface area contributed by atoms with Crippen molar-refractivity contribution in [1.29, 1.82) is 5.41 Å². The van der Waals surface area contributed by atoms with Crippen molar-refractivity contribution in [2.45, 2.75) is 26.4 Å². The minimum absolute atomic E-state index is 0. The molecule has 1 saturated heterocycles. The average molecular weight is 455 g/mol. The Balaban J connectivity index is 0.00000480. The van der Waals surface area contributed by atoms with Crippen molar-refractivity contribution >= 4 is 30.1 Å². The molecule has 9 nitrogen and oxygen atoms in total. The van der Waals surface area contributed by atoms with Gasteiger partial charge in [-0.15, -0.1) is 12.4 Å². The lowest BCUT2D eigenvalue weighted by Crippen LogP contribution is -2.52. The quantitative estimate of drug-likeness (QED) is 0.237. The van der Waals surface area contributed by atoms with Crippen LogP contribution in [0.1, 0.15) is 25.0 Å². The summed E-state index contributed by atoms with van der Waals surface area (Å²) in [4.78, 5) is 27.1. The highest BCUT2D eigenvalue weighted by Crippen LogP contribution is 2.04. The van der Waals surface area contributed by atoms with Gasteiger partial charge in [0.1, 0.15) is 11.9 Å². The highest BCUT2D eigenvalue weighted by atomic mass is 35.5. The summed E-state index contributed by atoms with van der Waals surface area (Å²) in [5, 5.41) is 16.2. The van der Waals surface area contributed by atoms with Gasteiger partial charge in [0.25, 0.3) is 0 Å². The lowest BCUT2D eigenvalue weighted by molar-refractivity contribution is -0.129. The summed E-state index contributed by atoms with van der Waals surface area (Å²) >= 11 is 0. The Bertz CT molecular complexity index is 708. The number of hydrogen-bond acceptors (Lipinski definition) is 6. The number of amides is 2. The van der Waals surface area contributed by atoms with Crippen LogP contribution in [0.25, 0.3) is 0 Å². The van der Waals surface area contributed by atoms with Crippen LogP contribution < -0.4 is 21.7 Å². The van der Waals surface area contributed by atoms with Gasteiger partial charge in [0.2, 0.25) is 11.8 Å². The Labute approximate surface area is 190 Å². The molecular formula is C21H35ClN6O3. The number of hydrogen-bond donors (Lipinski definition) is 5. The highest BCUT2D eigenvalue weighted by molar-refractivity contribution is 5.94. The zero-order valence-corrected chi connectivity index (χ0v) is 19.1. The van der Waals surface area contributed by atoms with Crippen LogP contribution in [0.2, 0.25) is 0 Å². The van der Waals surface area contributed by atoms with Crippen molar-refractivity contribution in [3.05, 3.63) is 35.4 Å². The van der Waals surface area contributed by atoms with Gasteiger partial charge in [-0.05, 0) is 11.5 Å². The molecule has 6 N–H and O–H groups in total. The van der Waals surface area contributed by atoms with Crippen molar-refractivity contribution in [2.75, 3.05) is 45.9 Å². The van der Waals surface area contributed by atoms with Crippen molar-refractivity contribution in [3.63, 3.8) is 0 Å². The van der Waals surface area contributed by atoms with E-state index in [4.69, 9.17) is 15.9 Å². The SMILES string of the molecule is CC(C)C(NC(=O)CNCc1ccc(C(=N)N)cc1)C(=O)NCCN1CCOCC1.Cl. The molecule has 0 saturated carbocycles. The van der Waals surface area contributed by atoms with E-state index in [0.717, 1.165) is 38.4 Å². The molecule has 0 spiro atoms. The van der Waals surface area contributed by atoms with Crippen LogP contribution in [0.5, 0.6) is 0 Å². The molecule has 1 aromatic carbocycles. The molecule has 2 rings (SSSR count). The summed E-state index contributed by atoms with van der Waals surface area (Å²) in [6.07, 6.45) is 0. The minimum Gasteiger partial charge on any atom is -0.384 e. The Morgan fingerprint density at radius 1 is 1.19 bits per heavy atom. The van der Waals surface area contributed by atoms with E-state index in [2.05, 4.69) is 20.9 Å². The summed E-state index contributed by atoms with van der Waals surface area (Å²) in [7, 11) is 0. The number of nitrogens with two attached hydrogens (primary N) is 1. The topological polar surface area (TPSA) is 133 Å². The molecule has 1 unspecified atom stereocenters. The molecule has 0 aliphatic carbocycles. The molecule has 10 heteroatoms. The number of carbonyl (C=O) groups excluding carboxylic acids is 2. The van der Waals surface area contributed by atoms with Crippen LogP contribution in [0.3, 0.4) is 0 Å². The fraction of sp³-hybridized carbons (Fsp3) is 0.571. The Kier molecular flexibility index (Phi) is 12.1. The van der Waals surface area contributed by atoms with Gasteiger partial charge in [0, 0.05) is 38.3 Å². The molecule has 1 atom stereocenters. The molecule has 0 bridgehead atoms. The third kappa shape index (κ3) is 9.65. The molecular weight excluding hydrogens is 420 g/mol. The first-order chi connectivity index (χ1) is 14.4. The van der Waals surface area contributed by atoms with E-state index in [9.17, 15) is 9.59 Å². The van der Waals surface area contributed by atoms with E-state index >= 15 is 0 Å². The second-order valence-electron chi connectivity index (χ2n) is 7.75. The van der Waals surface area contributed by atoms with Crippen molar-refractivity contribution in [3.8, 4) is 0 Å². The molecule has 174 valence electrons. The number of halogens is 1. The normalized spacial score (nSPS) is 15.1. The van der Waals surface area contributed by atoms with Crippen molar-refractivity contribution in [2.24, 2.45) is 11.7 Å². The first-order valence-corrected chi connectivity index (χ1v) is 10.4. The smallest absolute Gasteiger partial charge is 0.242 e. The number of benzene rings is 1. The van der Waals surface area contributed by atoms with Gasteiger partial charge in [-0.3, -0.25) is 19.9 Å². The molecule has 1 fully saturated rings. The van der Waals surface area contributed by atoms with Crippen LogP contribution in [0, 0.1) is 11.3 Å². The molecule has 31 heavy (non-hydrogen) atoms. The van der Waals surface area contributed by atoms with E-state index < -0.39 is 6.04 Å². The lowest BCUT2D eigenvalue weighted by Gasteiger charge is -2.27. The second kappa shape index (κ2) is 14.0. The zero-order valence-electron chi connectivity index (χ0n) is 18.3. The Hall–Kier alpha value is -2.20. The molecule has 0 aromatic heterocycles. The molecule has 0 radical (unpaired) electrons. The number of carbonyl (C=O) groups is 2. The number of ether oxygens (including phenoxy) is 1. The maximum Gasteiger partial charge on any atom is 0.242 e. The number of amidine groups is 1. The van der Waals surface area contributed by atoms with Crippen LogP contribution in [-0.4, -0.2) is 74.5 Å². The maximum atomic E-state index is 12.5. The third-order valence-electron chi connectivity index (χ3n) is 4.98. The molecule has 1 aromatic rings. The third-order valence-corrected chi connectivity index (χ3v) is 4.98. The van der Waals surface area contributed by atoms with Gasteiger partial charge in [-0.1, -0.05) is 38.1 Å². The molecule has 1 aliphatic rings. The van der Waals surface area contributed by atoms with Gasteiger partial charge >= 0.3 is 0 Å². The number of morpholine rings is 1. The van der Waals surface area contributed by atoms with Crippen molar-refractivity contribution < 1.29 is 14.3 Å². The van der Waals surface area contributed by atoms with Gasteiger partial charge < -0.3 is 26.4 Å². The number of nitrogens with one attached hydrogen (secondary N) is 4. The monoisotopic (exact) mass is 454 g/mol. The van der Waals surface area contributed by atoms with Crippen molar-refractivity contribution in [1.82, 2.24) is 20.9 Å². The Morgan fingerprint density at radius 3 is 2.42 bits per heavy atom. The van der Waals surface area contributed by atoms with E-state index in [1.807, 2.05) is 26.0 Å². The average Bonchev–Trinajstić information content (AvgIpc) is 2.73. The number of rotatable bonds is 11. The van der Waals surface area contributed by atoms with Gasteiger partial charge in [-0.2, -0.15) is 0 Å². The largest absolute Gasteiger partial charge is 0.384 e. The van der Waals surface area contributed by atoms with E-state index in [1.165, 1.54) is 0 Å². The predicted octanol–water partition coefficient (Wildman–Crippen LogP) is 0.0713. The second-order valence-corrected chi connectivity index (χ2v) is 7.75. The zero-order chi connectivity index (χ0) is 21.9. The summed E-state index contributed by atoms with van der Waals surface area (Å²) in [6.45, 7) is 8.98. The molecule has 1 aliphatic heterocycles. The number of nitrogens with zero attached hydrogens (tertiary/aromatic N) is 1. The molecule has 1 heterocycles. The summed E-state index contributed by atoms with van der Waals surface area (Å²) in [5.74, 6) is -0.378. The minimum atomic E-state index is -0.571. The predicted molar refractivity (Wildman–Crippen MR) is 123 cm³/mol. The van der Waals surface area contributed by atoms with E-state index in [1.54, 1.807) is 12.1 Å². The fourth-order valence-electron chi connectivity index (χ4n) is 3.15. The summed E-state index contributed by atoms with van der Waals surface area (Å²) in [6, 6.07) is 6.70. The first kappa shape index (κ1) is 26.8. The lowest BCUT2D eigenvalue weighted by atomic mass is 10.0. The van der Waals surface area contributed by atoms with Gasteiger partial charge in [0.15, 0.2) is 0 Å². The van der Waals surface area contributed by atoms with Crippen LogP contribution in [0.4, 0.5) is 0 Å².